The topological polar surface area (TPSA) is 96.5 Å². The van der Waals surface area contributed by atoms with Crippen molar-refractivity contribution in [3.05, 3.63) is 65.7 Å². The predicted molar refractivity (Wildman–Crippen MR) is 100 cm³/mol. The first-order valence-electron chi connectivity index (χ1n) is 8.70. The summed E-state index contributed by atoms with van der Waals surface area (Å²) in [5, 5.41) is 24.3. The first-order valence-corrected chi connectivity index (χ1v) is 8.70. The minimum absolute atomic E-state index is 0.0104. The number of benzene rings is 2. The molecular formula is C20H20N6O. The lowest BCUT2D eigenvalue weighted by atomic mass is 10.0. The molecule has 0 bridgehead atoms. The molecule has 136 valence electrons. The van der Waals surface area contributed by atoms with Crippen molar-refractivity contribution in [2.45, 2.75) is 26.4 Å². The van der Waals surface area contributed by atoms with Gasteiger partial charge in [0.2, 0.25) is 11.7 Å². The highest BCUT2D eigenvalue weighted by molar-refractivity contribution is 5.80. The van der Waals surface area contributed by atoms with E-state index in [1.807, 2.05) is 56.3 Å². The van der Waals surface area contributed by atoms with Crippen LogP contribution in [0.15, 0.2) is 54.6 Å². The number of hydrogen-bond donors (Lipinski definition) is 1. The van der Waals surface area contributed by atoms with Crippen LogP contribution in [0, 0.1) is 17.2 Å². The Kier molecular flexibility index (Phi) is 5.57. The summed E-state index contributed by atoms with van der Waals surface area (Å²) >= 11 is 0. The standard InChI is InChI=1S/C20H20N6O/c1-14(2)18(20(27)22-13-16-10-8-15(12-21)9-11-16)26-24-19(23-25-26)17-6-4-3-5-7-17/h3-11,14,18H,13H2,1-2H3,(H,22,27). The number of carbonyl (C=O) groups excluding carboxylic acids is 1. The number of aromatic nitrogens is 4. The fourth-order valence-corrected chi connectivity index (χ4v) is 2.71. The van der Waals surface area contributed by atoms with Gasteiger partial charge in [0.1, 0.15) is 0 Å². The maximum atomic E-state index is 12.7. The van der Waals surface area contributed by atoms with Crippen molar-refractivity contribution in [2.24, 2.45) is 5.92 Å². The lowest BCUT2D eigenvalue weighted by molar-refractivity contribution is -0.126. The third-order valence-corrected chi connectivity index (χ3v) is 4.16. The molecule has 0 fully saturated rings. The van der Waals surface area contributed by atoms with E-state index < -0.39 is 6.04 Å². The van der Waals surface area contributed by atoms with E-state index >= 15 is 0 Å². The van der Waals surface area contributed by atoms with Gasteiger partial charge in [-0.15, -0.1) is 10.2 Å². The average molecular weight is 360 g/mol. The van der Waals surface area contributed by atoms with E-state index in [9.17, 15) is 4.79 Å². The van der Waals surface area contributed by atoms with E-state index in [-0.39, 0.29) is 11.8 Å². The van der Waals surface area contributed by atoms with Crippen molar-refractivity contribution in [2.75, 3.05) is 0 Å². The number of nitrogens with zero attached hydrogens (tertiary/aromatic N) is 5. The lowest BCUT2D eigenvalue weighted by Crippen LogP contribution is -2.36. The number of carbonyl (C=O) groups is 1. The molecule has 7 nitrogen and oxygen atoms in total. The monoisotopic (exact) mass is 360 g/mol. The average Bonchev–Trinajstić information content (AvgIpc) is 3.17. The number of tetrazole rings is 1. The van der Waals surface area contributed by atoms with Gasteiger partial charge in [0, 0.05) is 12.1 Å². The summed E-state index contributed by atoms with van der Waals surface area (Å²) in [5.74, 6) is 0.302. The van der Waals surface area contributed by atoms with Crippen LogP contribution in [0.4, 0.5) is 0 Å². The molecule has 1 amide bonds. The smallest absolute Gasteiger partial charge is 0.247 e. The van der Waals surface area contributed by atoms with Crippen LogP contribution in [-0.4, -0.2) is 26.1 Å². The van der Waals surface area contributed by atoms with Crippen molar-refractivity contribution in [1.29, 1.82) is 5.26 Å². The van der Waals surface area contributed by atoms with E-state index in [4.69, 9.17) is 5.26 Å². The van der Waals surface area contributed by atoms with Crippen LogP contribution in [-0.2, 0) is 11.3 Å². The number of nitrogens with one attached hydrogen (secondary N) is 1. The zero-order chi connectivity index (χ0) is 19.2. The van der Waals surface area contributed by atoms with Crippen LogP contribution in [0.3, 0.4) is 0 Å². The lowest BCUT2D eigenvalue weighted by Gasteiger charge is -2.18. The normalized spacial score (nSPS) is 11.8. The van der Waals surface area contributed by atoms with E-state index in [2.05, 4.69) is 26.8 Å². The third-order valence-electron chi connectivity index (χ3n) is 4.16. The fraction of sp³-hybridized carbons (Fsp3) is 0.250. The van der Waals surface area contributed by atoms with Crippen molar-refractivity contribution in [3.8, 4) is 17.5 Å². The van der Waals surface area contributed by atoms with Crippen LogP contribution < -0.4 is 5.32 Å². The molecule has 1 aromatic heterocycles. The van der Waals surface area contributed by atoms with Gasteiger partial charge in [-0.2, -0.15) is 10.1 Å². The summed E-state index contributed by atoms with van der Waals surface area (Å²) in [6, 6.07) is 18.1. The Hall–Kier alpha value is -3.53. The zero-order valence-corrected chi connectivity index (χ0v) is 15.2. The predicted octanol–water partition coefficient (Wildman–Crippen LogP) is 2.73. The van der Waals surface area contributed by atoms with Crippen LogP contribution in [0.2, 0.25) is 0 Å². The molecule has 1 unspecified atom stereocenters. The molecule has 0 aliphatic carbocycles. The second-order valence-electron chi connectivity index (χ2n) is 6.51. The Balaban J connectivity index is 1.72. The van der Waals surface area contributed by atoms with Crippen molar-refractivity contribution < 1.29 is 4.79 Å². The molecule has 0 radical (unpaired) electrons. The van der Waals surface area contributed by atoms with E-state index in [1.54, 1.807) is 12.1 Å². The number of hydrogen-bond acceptors (Lipinski definition) is 5. The van der Waals surface area contributed by atoms with Gasteiger partial charge in [-0.3, -0.25) is 4.79 Å². The van der Waals surface area contributed by atoms with Crippen LogP contribution in [0.5, 0.6) is 0 Å². The molecule has 0 spiro atoms. The molecule has 0 aliphatic rings. The number of nitriles is 1. The first-order chi connectivity index (χ1) is 13.1. The van der Waals surface area contributed by atoms with Crippen molar-refractivity contribution in [3.63, 3.8) is 0 Å². The number of rotatable bonds is 6. The third kappa shape index (κ3) is 4.36. The minimum atomic E-state index is -0.562. The van der Waals surface area contributed by atoms with Gasteiger partial charge >= 0.3 is 0 Å². The highest BCUT2D eigenvalue weighted by Gasteiger charge is 2.27. The first kappa shape index (κ1) is 18.3. The highest BCUT2D eigenvalue weighted by atomic mass is 16.2. The van der Waals surface area contributed by atoms with Crippen LogP contribution in [0.25, 0.3) is 11.4 Å². The summed E-state index contributed by atoms with van der Waals surface area (Å²) < 4.78 is 0. The van der Waals surface area contributed by atoms with Gasteiger partial charge in [-0.05, 0) is 28.8 Å². The second kappa shape index (κ2) is 8.23. The fourth-order valence-electron chi connectivity index (χ4n) is 2.71. The minimum Gasteiger partial charge on any atom is -0.350 e. The molecular weight excluding hydrogens is 340 g/mol. The Morgan fingerprint density at radius 1 is 1.15 bits per heavy atom. The summed E-state index contributed by atoms with van der Waals surface area (Å²) in [7, 11) is 0. The van der Waals surface area contributed by atoms with E-state index in [0.29, 0.717) is 17.9 Å². The Bertz CT molecular complexity index is 941. The van der Waals surface area contributed by atoms with Gasteiger partial charge in [0.05, 0.1) is 11.6 Å². The molecule has 1 atom stereocenters. The molecule has 1 heterocycles. The maximum absolute atomic E-state index is 12.7. The van der Waals surface area contributed by atoms with Gasteiger partial charge in [-0.25, -0.2) is 0 Å². The molecule has 27 heavy (non-hydrogen) atoms. The summed E-state index contributed by atoms with van der Waals surface area (Å²) in [6.07, 6.45) is 0. The second-order valence-corrected chi connectivity index (χ2v) is 6.51. The molecule has 0 aliphatic heterocycles. The quantitative estimate of drug-likeness (QED) is 0.729. The summed E-state index contributed by atoms with van der Waals surface area (Å²) in [4.78, 5) is 14.1. The van der Waals surface area contributed by atoms with E-state index in [1.165, 1.54) is 4.80 Å². The van der Waals surface area contributed by atoms with E-state index in [0.717, 1.165) is 11.1 Å². The highest BCUT2D eigenvalue weighted by Crippen LogP contribution is 2.19. The molecule has 2 aromatic carbocycles. The molecule has 3 aromatic rings. The maximum Gasteiger partial charge on any atom is 0.247 e. The largest absolute Gasteiger partial charge is 0.350 e. The van der Waals surface area contributed by atoms with Crippen LogP contribution >= 0.6 is 0 Å². The zero-order valence-electron chi connectivity index (χ0n) is 15.2. The molecule has 1 N–H and O–H groups in total. The van der Waals surface area contributed by atoms with Crippen molar-refractivity contribution in [1.82, 2.24) is 25.5 Å². The Labute approximate surface area is 157 Å². The summed E-state index contributed by atoms with van der Waals surface area (Å²) in [6.45, 7) is 4.25. The SMILES string of the molecule is CC(C)C(C(=O)NCc1ccc(C#N)cc1)n1nnc(-c2ccccc2)n1. The summed E-state index contributed by atoms with van der Waals surface area (Å²) in [5.41, 5.74) is 2.36. The molecule has 3 rings (SSSR count). The molecule has 0 saturated carbocycles. The van der Waals surface area contributed by atoms with Crippen LogP contribution in [0.1, 0.15) is 31.0 Å². The van der Waals surface area contributed by atoms with Gasteiger partial charge in [0.25, 0.3) is 0 Å². The Morgan fingerprint density at radius 3 is 2.48 bits per heavy atom. The number of amides is 1. The molecule has 7 heteroatoms. The van der Waals surface area contributed by atoms with Gasteiger partial charge < -0.3 is 5.32 Å². The van der Waals surface area contributed by atoms with Gasteiger partial charge in [-0.1, -0.05) is 56.3 Å². The van der Waals surface area contributed by atoms with Gasteiger partial charge in [0.15, 0.2) is 6.04 Å². The molecule has 0 saturated heterocycles. The Morgan fingerprint density at radius 2 is 1.85 bits per heavy atom. The van der Waals surface area contributed by atoms with Crippen molar-refractivity contribution >= 4 is 5.91 Å².